The minimum Gasteiger partial charge on any atom is -0.348 e. The fraction of sp³-hybridized carbons (Fsp3) is 0.214. The van der Waals surface area contributed by atoms with E-state index in [1.807, 2.05) is 37.3 Å². The van der Waals surface area contributed by atoms with Crippen LogP contribution < -0.4 is 10.7 Å². The molecule has 1 aromatic carbocycles. The standard InChI is InChI=1S/C14H14Br2NOP/c1-2-18-19(13-6-4-3-5-7-13)14-9-11(16)8-12(10-15)17-14/h3-9H,2,10H2,1H3. The highest BCUT2D eigenvalue weighted by Crippen LogP contribution is 2.34. The Morgan fingerprint density at radius 1 is 1.21 bits per heavy atom. The van der Waals surface area contributed by atoms with E-state index in [1.165, 1.54) is 5.30 Å². The molecule has 0 amide bonds. The van der Waals surface area contributed by atoms with Gasteiger partial charge in [0.2, 0.25) is 0 Å². The number of pyridine rings is 1. The van der Waals surface area contributed by atoms with Crippen LogP contribution in [0.25, 0.3) is 0 Å². The van der Waals surface area contributed by atoms with E-state index in [-0.39, 0.29) is 0 Å². The number of hydrogen-bond acceptors (Lipinski definition) is 2. The summed E-state index contributed by atoms with van der Waals surface area (Å²) in [7, 11) is -0.851. The summed E-state index contributed by atoms with van der Waals surface area (Å²) in [4.78, 5) is 4.67. The molecule has 0 aliphatic heterocycles. The zero-order valence-corrected chi connectivity index (χ0v) is 14.6. The van der Waals surface area contributed by atoms with Crippen LogP contribution in [-0.4, -0.2) is 11.6 Å². The molecule has 2 nitrogen and oxygen atoms in total. The lowest BCUT2D eigenvalue weighted by atomic mass is 10.4. The van der Waals surface area contributed by atoms with Gasteiger partial charge in [-0.3, -0.25) is 0 Å². The molecule has 0 fully saturated rings. The molecule has 0 aliphatic carbocycles. The lowest BCUT2D eigenvalue weighted by molar-refractivity contribution is 0.387. The van der Waals surface area contributed by atoms with Crippen molar-refractivity contribution in [1.29, 1.82) is 0 Å². The van der Waals surface area contributed by atoms with E-state index in [4.69, 9.17) is 4.52 Å². The van der Waals surface area contributed by atoms with Crippen LogP contribution in [0.1, 0.15) is 12.6 Å². The predicted molar refractivity (Wildman–Crippen MR) is 88.8 cm³/mol. The fourth-order valence-corrected chi connectivity index (χ4v) is 4.34. The summed E-state index contributed by atoms with van der Waals surface area (Å²) in [6.45, 7) is 2.69. The maximum absolute atomic E-state index is 5.93. The van der Waals surface area contributed by atoms with Crippen LogP contribution in [0, 0.1) is 0 Å². The Balaban J connectivity index is 2.41. The minimum absolute atomic E-state index is 0.679. The number of alkyl halides is 1. The smallest absolute Gasteiger partial charge is 0.111 e. The van der Waals surface area contributed by atoms with Crippen molar-refractivity contribution in [1.82, 2.24) is 4.98 Å². The SMILES string of the molecule is CCOP(c1ccccc1)c1cc(Br)cc(CBr)n1. The Bertz CT molecular complexity index is 536. The van der Waals surface area contributed by atoms with Crippen molar-refractivity contribution in [2.24, 2.45) is 0 Å². The molecule has 0 saturated carbocycles. The van der Waals surface area contributed by atoms with E-state index in [2.05, 4.69) is 49.0 Å². The second kappa shape index (κ2) is 7.49. The number of benzene rings is 1. The molecule has 0 aliphatic rings. The van der Waals surface area contributed by atoms with Crippen LogP contribution in [0.2, 0.25) is 0 Å². The molecule has 2 aromatic rings. The van der Waals surface area contributed by atoms with Gasteiger partial charge in [0, 0.05) is 21.7 Å². The van der Waals surface area contributed by atoms with E-state index in [9.17, 15) is 0 Å². The third-order valence-corrected chi connectivity index (χ3v) is 5.38. The molecule has 0 spiro atoms. The summed E-state index contributed by atoms with van der Waals surface area (Å²) in [5.74, 6) is 0. The van der Waals surface area contributed by atoms with Gasteiger partial charge in [-0.25, -0.2) is 4.98 Å². The quantitative estimate of drug-likeness (QED) is 0.554. The molecule has 0 bridgehead atoms. The molecule has 0 N–H and O–H groups in total. The number of nitrogens with zero attached hydrogens (tertiary/aromatic N) is 1. The van der Waals surface area contributed by atoms with Gasteiger partial charge in [0.25, 0.3) is 0 Å². The average molecular weight is 403 g/mol. The van der Waals surface area contributed by atoms with Gasteiger partial charge in [0.15, 0.2) is 0 Å². The highest BCUT2D eigenvalue weighted by atomic mass is 79.9. The molecule has 1 atom stereocenters. The topological polar surface area (TPSA) is 22.1 Å². The van der Waals surface area contributed by atoms with Crippen LogP contribution >= 0.6 is 40.0 Å². The van der Waals surface area contributed by atoms with Gasteiger partial charge >= 0.3 is 0 Å². The van der Waals surface area contributed by atoms with Crippen molar-refractivity contribution in [3.63, 3.8) is 0 Å². The molecule has 0 saturated heterocycles. The Morgan fingerprint density at radius 3 is 2.58 bits per heavy atom. The summed E-state index contributed by atoms with van der Waals surface area (Å²) in [5, 5.41) is 1.93. The van der Waals surface area contributed by atoms with E-state index >= 15 is 0 Å². The first-order valence-electron chi connectivity index (χ1n) is 5.95. The normalized spacial score (nSPS) is 12.4. The van der Waals surface area contributed by atoms with Gasteiger partial charge in [-0.05, 0) is 19.1 Å². The Hall–Kier alpha value is -0.280. The summed E-state index contributed by atoms with van der Waals surface area (Å²) < 4.78 is 6.97. The largest absolute Gasteiger partial charge is 0.348 e. The molecule has 100 valence electrons. The Morgan fingerprint density at radius 2 is 1.95 bits per heavy atom. The zero-order chi connectivity index (χ0) is 13.7. The Labute approximate surface area is 131 Å². The van der Waals surface area contributed by atoms with Crippen molar-refractivity contribution in [2.75, 3.05) is 6.61 Å². The van der Waals surface area contributed by atoms with Crippen molar-refractivity contribution in [2.45, 2.75) is 12.3 Å². The van der Waals surface area contributed by atoms with E-state index in [1.54, 1.807) is 0 Å². The van der Waals surface area contributed by atoms with Gasteiger partial charge in [0.1, 0.15) is 8.15 Å². The Kier molecular flexibility index (Phi) is 5.96. The molecular formula is C14H14Br2NOP. The predicted octanol–water partition coefficient (Wildman–Crippen LogP) is 4.12. The summed E-state index contributed by atoms with van der Waals surface area (Å²) in [6.07, 6.45) is 0. The first-order valence-corrected chi connectivity index (χ1v) is 9.12. The average Bonchev–Trinajstić information content (AvgIpc) is 2.45. The summed E-state index contributed by atoms with van der Waals surface area (Å²) in [6, 6.07) is 14.3. The van der Waals surface area contributed by atoms with Crippen LogP contribution in [0.15, 0.2) is 46.9 Å². The number of hydrogen-bond donors (Lipinski definition) is 0. The molecular weight excluding hydrogens is 389 g/mol. The zero-order valence-electron chi connectivity index (χ0n) is 10.5. The second-order valence-corrected chi connectivity index (χ2v) is 7.11. The molecule has 19 heavy (non-hydrogen) atoms. The van der Waals surface area contributed by atoms with E-state index in [0.717, 1.165) is 20.9 Å². The fourth-order valence-electron chi connectivity index (χ4n) is 1.67. The van der Waals surface area contributed by atoms with Crippen molar-refractivity contribution < 1.29 is 4.52 Å². The maximum atomic E-state index is 5.93. The first-order chi connectivity index (χ1) is 9.24. The molecule has 2 rings (SSSR count). The summed E-state index contributed by atoms with van der Waals surface area (Å²) in [5.41, 5.74) is 2.00. The van der Waals surface area contributed by atoms with Crippen LogP contribution in [0.5, 0.6) is 0 Å². The monoisotopic (exact) mass is 401 g/mol. The van der Waals surface area contributed by atoms with Crippen molar-refractivity contribution in [3.05, 3.63) is 52.6 Å². The van der Waals surface area contributed by atoms with Crippen molar-refractivity contribution >= 4 is 50.7 Å². The van der Waals surface area contributed by atoms with Gasteiger partial charge in [0.05, 0.1) is 11.1 Å². The summed E-state index contributed by atoms with van der Waals surface area (Å²) >= 11 is 6.99. The lowest BCUT2D eigenvalue weighted by Gasteiger charge is -2.17. The van der Waals surface area contributed by atoms with Gasteiger partial charge < -0.3 is 4.52 Å². The van der Waals surface area contributed by atoms with Crippen molar-refractivity contribution in [3.8, 4) is 0 Å². The van der Waals surface area contributed by atoms with Gasteiger partial charge in [-0.15, -0.1) is 0 Å². The molecule has 1 aromatic heterocycles. The number of halogens is 2. The third-order valence-electron chi connectivity index (χ3n) is 2.42. The van der Waals surface area contributed by atoms with Crippen LogP contribution in [0.3, 0.4) is 0 Å². The molecule has 1 heterocycles. The van der Waals surface area contributed by atoms with Crippen LogP contribution in [0.4, 0.5) is 0 Å². The molecule has 0 radical (unpaired) electrons. The van der Waals surface area contributed by atoms with E-state index in [0.29, 0.717) is 6.61 Å². The van der Waals surface area contributed by atoms with Crippen LogP contribution in [-0.2, 0) is 9.85 Å². The number of rotatable bonds is 5. The minimum atomic E-state index is -0.851. The second-order valence-electron chi connectivity index (χ2n) is 3.82. The molecule has 1 unspecified atom stereocenters. The highest BCUT2D eigenvalue weighted by Gasteiger charge is 2.17. The van der Waals surface area contributed by atoms with Gasteiger partial charge in [-0.1, -0.05) is 62.2 Å². The third kappa shape index (κ3) is 4.09. The van der Waals surface area contributed by atoms with Gasteiger partial charge in [-0.2, -0.15) is 0 Å². The highest BCUT2D eigenvalue weighted by molar-refractivity contribution is 9.10. The molecule has 5 heteroatoms. The maximum Gasteiger partial charge on any atom is 0.111 e. The lowest BCUT2D eigenvalue weighted by Crippen LogP contribution is -2.18. The first kappa shape index (κ1) is 15.1. The van der Waals surface area contributed by atoms with E-state index < -0.39 is 8.15 Å². The number of aromatic nitrogens is 1.